The normalized spacial score (nSPS) is 28.5. The lowest BCUT2D eigenvalue weighted by Gasteiger charge is -2.38. The van der Waals surface area contributed by atoms with Gasteiger partial charge in [0, 0.05) is 12.0 Å². The second-order valence-corrected chi connectivity index (χ2v) is 16.9. The predicted octanol–water partition coefficient (Wildman–Crippen LogP) is 3.23. The van der Waals surface area contributed by atoms with Gasteiger partial charge in [-0.3, -0.25) is 24.0 Å². The molecule has 5 fully saturated rings. The van der Waals surface area contributed by atoms with Gasteiger partial charge >= 0.3 is 6.03 Å². The first-order valence-corrected chi connectivity index (χ1v) is 17.5. The molecule has 0 spiro atoms. The van der Waals surface area contributed by atoms with Gasteiger partial charge in [-0.05, 0) is 66.6 Å². The van der Waals surface area contributed by atoms with E-state index in [1.165, 1.54) is 0 Å². The Labute approximate surface area is 273 Å². The molecule has 5 amide bonds. The number of fused-ring (bicyclic) bond motifs is 1. The number of hydrogen-bond acceptors (Lipinski definition) is 6. The first-order chi connectivity index (χ1) is 21.5. The standard InChI is InChI=1S/C35H55N5O6/c1-33(2,3)27(39-32(46)38-24(20-13-8-7-9-14-20)28(42)35(6)15-16-35)31(45)40-18-21-23(34(21,4)5)25(40)30(44)37-22(26(41)29(36)43)17-19-11-10-12-19/h19-25,27H,7-18H2,1-6H3,(H2,36,43)(H,37,44)(H2,38,39,46)/t21-,22?,23-,24-,25-,27+/m0/s1. The van der Waals surface area contributed by atoms with E-state index in [-0.39, 0.29) is 40.8 Å². The summed E-state index contributed by atoms with van der Waals surface area (Å²) >= 11 is 0. The largest absolute Gasteiger partial charge is 0.363 e. The molecule has 256 valence electrons. The minimum Gasteiger partial charge on any atom is -0.363 e. The number of carbonyl (C=O) groups is 6. The molecule has 1 heterocycles. The molecule has 5 aliphatic rings. The zero-order chi connectivity index (χ0) is 33.8. The Morgan fingerprint density at radius 2 is 1.50 bits per heavy atom. The highest BCUT2D eigenvalue weighted by atomic mass is 16.2. The van der Waals surface area contributed by atoms with Gasteiger partial charge < -0.3 is 26.6 Å². The Morgan fingerprint density at radius 3 is 2.02 bits per heavy atom. The van der Waals surface area contributed by atoms with Gasteiger partial charge in [0.1, 0.15) is 12.1 Å². The summed E-state index contributed by atoms with van der Waals surface area (Å²) in [6.45, 7) is 12.0. The van der Waals surface area contributed by atoms with Gasteiger partial charge in [0.15, 0.2) is 5.78 Å². The molecule has 4 aliphatic carbocycles. The Morgan fingerprint density at radius 1 is 0.870 bits per heavy atom. The number of primary amides is 1. The van der Waals surface area contributed by atoms with E-state index in [1.807, 2.05) is 27.7 Å². The van der Waals surface area contributed by atoms with Gasteiger partial charge in [0.2, 0.25) is 17.6 Å². The minimum atomic E-state index is -1.09. The molecule has 4 saturated carbocycles. The lowest BCUT2D eigenvalue weighted by Crippen LogP contribution is -2.62. The van der Waals surface area contributed by atoms with Crippen LogP contribution in [0.25, 0.3) is 0 Å². The number of hydrogen-bond donors (Lipinski definition) is 4. The number of Topliss-reactive ketones (excluding diaryl/α,β-unsaturated/α-hetero) is 2. The summed E-state index contributed by atoms with van der Waals surface area (Å²) in [5.74, 6) is -2.40. The summed E-state index contributed by atoms with van der Waals surface area (Å²) < 4.78 is 0. The number of likely N-dealkylation sites (tertiary alicyclic amines) is 1. The quantitative estimate of drug-likeness (QED) is 0.239. The van der Waals surface area contributed by atoms with Crippen LogP contribution in [0.3, 0.4) is 0 Å². The highest BCUT2D eigenvalue weighted by Gasteiger charge is 2.70. The van der Waals surface area contributed by atoms with Gasteiger partial charge in [-0.1, -0.05) is 80.1 Å². The molecular weight excluding hydrogens is 586 g/mol. The fourth-order valence-electron chi connectivity index (χ4n) is 8.34. The maximum absolute atomic E-state index is 14.4. The second kappa shape index (κ2) is 12.6. The van der Waals surface area contributed by atoms with Gasteiger partial charge in [0.05, 0.1) is 12.1 Å². The Bertz CT molecular complexity index is 1260. The van der Waals surface area contributed by atoms with E-state index >= 15 is 0 Å². The van der Waals surface area contributed by atoms with Gasteiger partial charge in [-0.15, -0.1) is 0 Å². The first-order valence-electron chi connectivity index (χ1n) is 17.5. The van der Waals surface area contributed by atoms with Crippen molar-refractivity contribution in [1.29, 1.82) is 0 Å². The third-order valence-electron chi connectivity index (χ3n) is 12.1. The van der Waals surface area contributed by atoms with Crippen LogP contribution in [0, 0.1) is 39.9 Å². The Kier molecular flexibility index (Phi) is 9.38. The molecule has 46 heavy (non-hydrogen) atoms. The van der Waals surface area contributed by atoms with Crippen molar-refractivity contribution >= 4 is 35.3 Å². The Balaban J connectivity index is 1.33. The highest BCUT2D eigenvalue weighted by molar-refractivity contribution is 6.37. The smallest absolute Gasteiger partial charge is 0.316 e. The molecule has 0 aromatic carbocycles. The molecule has 0 radical (unpaired) electrons. The van der Waals surface area contributed by atoms with Crippen molar-refractivity contribution in [1.82, 2.24) is 20.9 Å². The van der Waals surface area contributed by atoms with Crippen LogP contribution in [-0.4, -0.2) is 70.9 Å². The van der Waals surface area contributed by atoms with Crippen molar-refractivity contribution in [2.24, 2.45) is 45.7 Å². The zero-order valence-electron chi connectivity index (χ0n) is 28.6. The van der Waals surface area contributed by atoms with Gasteiger partial charge in [-0.25, -0.2) is 4.79 Å². The summed E-state index contributed by atoms with van der Waals surface area (Å²) in [5, 5.41) is 8.72. The number of nitrogens with two attached hydrogens (primary N) is 1. The van der Waals surface area contributed by atoms with Crippen LogP contribution in [0.1, 0.15) is 112 Å². The van der Waals surface area contributed by atoms with E-state index in [2.05, 4.69) is 29.8 Å². The van der Waals surface area contributed by atoms with E-state index in [0.29, 0.717) is 13.0 Å². The van der Waals surface area contributed by atoms with Crippen LogP contribution in [0.5, 0.6) is 0 Å². The highest BCUT2D eigenvalue weighted by Crippen LogP contribution is 2.65. The predicted molar refractivity (Wildman–Crippen MR) is 172 cm³/mol. The SMILES string of the molecule is CC1(C(=O)[C@@H](NC(=O)N[C@H](C(=O)N2C[C@H]3[C@@H]([C@H]2C(=O)NC(CC2CCC2)C(=O)C(N)=O)C3(C)C)C(C)(C)C)C2CCCCC2)CC1. The van der Waals surface area contributed by atoms with Crippen molar-refractivity contribution in [3.8, 4) is 0 Å². The molecule has 11 heteroatoms. The number of nitrogens with zero attached hydrogens (tertiary/aromatic N) is 1. The fraction of sp³-hybridized carbons (Fsp3) is 0.829. The molecular formula is C35H55N5O6. The molecule has 1 unspecified atom stereocenters. The molecule has 0 bridgehead atoms. The van der Waals surface area contributed by atoms with Crippen LogP contribution in [0.2, 0.25) is 0 Å². The molecule has 11 nitrogen and oxygen atoms in total. The number of ketones is 2. The average Bonchev–Trinajstić information content (AvgIpc) is 3.76. The van der Waals surface area contributed by atoms with E-state index in [9.17, 15) is 28.8 Å². The van der Waals surface area contributed by atoms with Crippen LogP contribution >= 0.6 is 0 Å². The number of amides is 5. The molecule has 5 N–H and O–H groups in total. The lowest BCUT2D eigenvalue weighted by molar-refractivity contribution is -0.145. The van der Waals surface area contributed by atoms with Crippen molar-refractivity contribution in [2.45, 2.75) is 136 Å². The van der Waals surface area contributed by atoms with Crippen molar-refractivity contribution < 1.29 is 28.8 Å². The molecule has 0 aromatic rings. The summed E-state index contributed by atoms with van der Waals surface area (Å²) in [6, 6.07) is -4.01. The zero-order valence-corrected chi connectivity index (χ0v) is 28.6. The second-order valence-electron chi connectivity index (χ2n) is 16.9. The summed E-state index contributed by atoms with van der Waals surface area (Å²) in [5.41, 5.74) is 4.06. The maximum atomic E-state index is 14.4. The molecule has 0 aromatic heterocycles. The third-order valence-corrected chi connectivity index (χ3v) is 12.1. The average molecular weight is 642 g/mol. The van der Waals surface area contributed by atoms with E-state index in [1.54, 1.807) is 4.90 Å². The third kappa shape index (κ3) is 6.84. The minimum absolute atomic E-state index is 0.0743. The maximum Gasteiger partial charge on any atom is 0.316 e. The number of piperidine rings is 1. The molecule has 5 rings (SSSR count). The number of carbonyl (C=O) groups excluding carboxylic acids is 6. The number of nitrogens with one attached hydrogen (secondary N) is 3. The van der Waals surface area contributed by atoms with Gasteiger partial charge in [0.25, 0.3) is 5.91 Å². The van der Waals surface area contributed by atoms with Crippen LogP contribution in [0.15, 0.2) is 0 Å². The van der Waals surface area contributed by atoms with Gasteiger partial charge in [-0.2, -0.15) is 0 Å². The monoisotopic (exact) mass is 641 g/mol. The number of urea groups is 1. The van der Waals surface area contributed by atoms with Crippen molar-refractivity contribution in [3.05, 3.63) is 0 Å². The van der Waals surface area contributed by atoms with E-state index in [4.69, 9.17) is 5.73 Å². The topological polar surface area (TPSA) is 168 Å². The fourth-order valence-corrected chi connectivity index (χ4v) is 8.34. The summed E-state index contributed by atoms with van der Waals surface area (Å²) in [6.07, 6.45) is 9.85. The van der Waals surface area contributed by atoms with Crippen LogP contribution < -0.4 is 21.7 Å². The lowest BCUT2D eigenvalue weighted by atomic mass is 9.79. The summed E-state index contributed by atoms with van der Waals surface area (Å²) in [7, 11) is 0. The van der Waals surface area contributed by atoms with Crippen LogP contribution in [0.4, 0.5) is 4.79 Å². The molecule has 1 saturated heterocycles. The van der Waals surface area contributed by atoms with Crippen molar-refractivity contribution in [2.75, 3.05) is 6.54 Å². The first kappa shape index (κ1) is 34.4. The van der Waals surface area contributed by atoms with Crippen LogP contribution in [-0.2, 0) is 24.0 Å². The summed E-state index contributed by atoms with van der Waals surface area (Å²) in [4.78, 5) is 81.6. The molecule has 6 atom stereocenters. The van der Waals surface area contributed by atoms with E-state index in [0.717, 1.165) is 64.2 Å². The Hall–Kier alpha value is -2.98. The van der Waals surface area contributed by atoms with E-state index < -0.39 is 58.6 Å². The van der Waals surface area contributed by atoms with Crippen molar-refractivity contribution in [3.63, 3.8) is 0 Å². The number of rotatable bonds is 12. The molecule has 1 aliphatic heterocycles.